The number of carbonyl (C=O) groups is 1. The molecule has 7 nitrogen and oxygen atoms in total. The van der Waals surface area contributed by atoms with Gasteiger partial charge in [-0.1, -0.05) is 23.7 Å². The van der Waals surface area contributed by atoms with Crippen LogP contribution >= 0.6 is 11.6 Å². The van der Waals surface area contributed by atoms with Crippen LogP contribution in [-0.4, -0.2) is 33.0 Å². The van der Waals surface area contributed by atoms with E-state index in [9.17, 15) is 9.90 Å². The Bertz CT molecular complexity index is 784. The van der Waals surface area contributed by atoms with E-state index in [2.05, 4.69) is 15.4 Å². The third kappa shape index (κ3) is 2.10. The molecule has 0 bridgehead atoms. The van der Waals surface area contributed by atoms with Gasteiger partial charge in [-0.3, -0.25) is 0 Å². The number of carbonyl (C=O) groups excluding carboxylic acids is 1. The van der Waals surface area contributed by atoms with Gasteiger partial charge in [0.1, 0.15) is 18.1 Å². The van der Waals surface area contributed by atoms with E-state index >= 15 is 0 Å². The lowest BCUT2D eigenvalue weighted by Gasteiger charge is -2.28. The van der Waals surface area contributed by atoms with Crippen molar-refractivity contribution in [1.82, 2.24) is 14.8 Å². The van der Waals surface area contributed by atoms with E-state index in [1.807, 2.05) is 0 Å². The monoisotopic (exact) mass is 320 g/mol. The highest BCUT2D eigenvalue weighted by atomic mass is 35.5. The Hall–Kier alpha value is -2.54. The molecule has 0 fully saturated rings. The quantitative estimate of drug-likeness (QED) is 0.824. The number of fused-ring (bicyclic) bond motifs is 1. The van der Waals surface area contributed by atoms with Crippen molar-refractivity contribution in [2.75, 3.05) is 12.4 Å². The first-order valence-corrected chi connectivity index (χ1v) is 6.85. The predicted molar refractivity (Wildman–Crippen MR) is 79.6 cm³/mol. The van der Waals surface area contributed by atoms with Gasteiger partial charge in [-0.05, 0) is 13.0 Å². The zero-order valence-corrected chi connectivity index (χ0v) is 12.6. The number of aromatic hydroxyl groups is 1. The predicted octanol–water partition coefficient (Wildman–Crippen LogP) is 2.10. The van der Waals surface area contributed by atoms with Crippen molar-refractivity contribution in [2.45, 2.75) is 13.0 Å². The molecule has 8 heteroatoms. The summed E-state index contributed by atoms with van der Waals surface area (Å²) >= 11 is 6.21. The largest absolute Gasteiger partial charge is 0.506 e. The summed E-state index contributed by atoms with van der Waals surface area (Å²) in [6.07, 6.45) is 1.37. The normalized spacial score (nSPS) is 17.0. The van der Waals surface area contributed by atoms with Gasteiger partial charge in [-0.2, -0.15) is 10.1 Å². The summed E-state index contributed by atoms with van der Waals surface area (Å²) in [5, 5.41) is 17.2. The summed E-state index contributed by atoms with van der Waals surface area (Å²) in [6, 6.07) is 4.22. The number of anilines is 1. The molecular formula is C14H13ClN4O3. The number of benzene rings is 1. The molecule has 2 N–H and O–H groups in total. The number of esters is 1. The number of hydrogen-bond donors (Lipinski definition) is 2. The van der Waals surface area contributed by atoms with E-state index in [4.69, 9.17) is 16.3 Å². The van der Waals surface area contributed by atoms with Gasteiger partial charge in [0.25, 0.3) is 0 Å². The number of halogens is 1. The molecule has 1 aromatic heterocycles. The molecule has 1 aliphatic heterocycles. The topological polar surface area (TPSA) is 89.3 Å². The zero-order chi connectivity index (χ0) is 15.9. The van der Waals surface area contributed by atoms with Crippen molar-refractivity contribution >= 4 is 23.5 Å². The Kier molecular flexibility index (Phi) is 3.50. The van der Waals surface area contributed by atoms with Crippen LogP contribution in [-0.2, 0) is 9.53 Å². The molecule has 0 aliphatic carbocycles. The van der Waals surface area contributed by atoms with Gasteiger partial charge < -0.3 is 15.2 Å². The Balaban J connectivity index is 2.25. The van der Waals surface area contributed by atoms with Crippen LogP contribution in [0.5, 0.6) is 5.75 Å². The summed E-state index contributed by atoms with van der Waals surface area (Å²) in [4.78, 5) is 16.3. The Morgan fingerprint density at radius 2 is 2.27 bits per heavy atom. The standard InChI is InChI=1S/C14H13ClN4O3/c1-7-10(13(21)22-2)12(19-14(18-7)16-6-17-19)8-4-3-5-9(20)11(8)15/h3-6,12,20H,1-2H3,(H,16,17,18). The Labute approximate surface area is 131 Å². The fraction of sp³-hybridized carbons (Fsp3) is 0.214. The molecule has 0 radical (unpaired) electrons. The van der Waals surface area contributed by atoms with Crippen LogP contribution in [0.25, 0.3) is 0 Å². The van der Waals surface area contributed by atoms with Crippen LogP contribution in [0.4, 0.5) is 5.95 Å². The molecule has 0 amide bonds. The number of aromatic nitrogens is 3. The summed E-state index contributed by atoms with van der Waals surface area (Å²) in [5.41, 5.74) is 1.49. The second-order valence-electron chi connectivity index (χ2n) is 4.77. The number of hydrogen-bond acceptors (Lipinski definition) is 6. The van der Waals surface area contributed by atoms with E-state index in [0.717, 1.165) is 0 Å². The van der Waals surface area contributed by atoms with Gasteiger partial charge in [-0.25, -0.2) is 9.48 Å². The fourth-order valence-corrected chi connectivity index (χ4v) is 2.73. The highest BCUT2D eigenvalue weighted by Gasteiger charge is 2.35. The fourth-order valence-electron chi connectivity index (χ4n) is 2.50. The van der Waals surface area contributed by atoms with Crippen LogP contribution in [0.3, 0.4) is 0 Å². The van der Waals surface area contributed by atoms with Crippen LogP contribution in [0.2, 0.25) is 5.02 Å². The Morgan fingerprint density at radius 1 is 1.50 bits per heavy atom. The number of allylic oxidation sites excluding steroid dienone is 1. The number of methoxy groups -OCH3 is 1. The molecule has 0 saturated carbocycles. The molecule has 2 aromatic rings. The van der Waals surface area contributed by atoms with Crippen LogP contribution in [0, 0.1) is 0 Å². The maximum Gasteiger partial charge on any atom is 0.338 e. The number of nitrogens with zero attached hydrogens (tertiary/aromatic N) is 3. The van der Waals surface area contributed by atoms with E-state index in [1.54, 1.807) is 19.1 Å². The van der Waals surface area contributed by atoms with Crippen molar-refractivity contribution in [3.8, 4) is 5.75 Å². The number of nitrogens with one attached hydrogen (secondary N) is 1. The van der Waals surface area contributed by atoms with Gasteiger partial charge in [0.05, 0.1) is 17.7 Å². The maximum absolute atomic E-state index is 12.2. The van der Waals surface area contributed by atoms with Crippen molar-refractivity contribution in [3.63, 3.8) is 0 Å². The summed E-state index contributed by atoms with van der Waals surface area (Å²) in [7, 11) is 1.31. The Morgan fingerprint density at radius 3 is 3.00 bits per heavy atom. The van der Waals surface area contributed by atoms with Crippen molar-refractivity contribution in [1.29, 1.82) is 0 Å². The molecule has 1 unspecified atom stereocenters. The number of ether oxygens (including phenoxy) is 1. The maximum atomic E-state index is 12.2. The molecule has 2 heterocycles. The lowest BCUT2D eigenvalue weighted by molar-refractivity contribution is -0.136. The highest BCUT2D eigenvalue weighted by molar-refractivity contribution is 6.33. The van der Waals surface area contributed by atoms with Crippen molar-refractivity contribution < 1.29 is 14.6 Å². The van der Waals surface area contributed by atoms with E-state index in [1.165, 1.54) is 24.2 Å². The number of phenolic OH excluding ortho intramolecular Hbond substituents is 1. The molecule has 0 spiro atoms. The van der Waals surface area contributed by atoms with Crippen molar-refractivity contribution in [3.05, 3.63) is 46.4 Å². The van der Waals surface area contributed by atoms with E-state index in [0.29, 0.717) is 22.8 Å². The van der Waals surface area contributed by atoms with Crippen molar-refractivity contribution in [2.24, 2.45) is 0 Å². The second-order valence-corrected chi connectivity index (χ2v) is 5.14. The lowest BCUT2D eigenvalue weighted by atomic mass is 9.95. The molecule has 1 aliphatic rings. The summed E-state index contributed by atoms with van der Waals surface area (Å²) in [5.74, 6) is -0.0913. The molecule has 0 saturated heterocycles. The SMILES string of the molecule is COC(=O)C1=C(C)Nc2ncnn2C1c1cccc(O)c1Cl. The van der Waals surface area contributed by atoms with Crippen LogP contribution in [0.1, 0.15) is 18.5 Å². The molecule has 1 aromatic carbocycles. The van der Waals surface area contributed by atoms with Gasteiger partial charge in [0.2, 0.25) is 5.95 Å². The van der Waals surface area contributed by atoms with Gasteiger partial charge in [0, 0.05) is 11.3 Å². The molecule has 3 rings (SSSR count). The smallest absolute Gasteiger partial charge is 0.338 e. The summed E-state index contributed by atoms with van der Waals surface area (Å²) in [6.45, 7) is 1.74. The van der Waals surface area contributed by atoms with Gasteiger partial charge >= 0.3 is 5.97 Å². The molecule has 114 valence electrons. The first-order valence-electron chi connectivity index (χ1n) is 6.47. The van der Waals surface area contributed by atoms with Gasteiger partial charge in [-0.15, -0.1) is 0 Å². The second kappa shape index (κ2) is 5.34. The summed E-state index contributed by atoms with van der Waals surface area (Å²) < 4.78 is 6.40. The van der Waals surface area contributed by atoms with Crippen LogP contribution < -0.4 is 5.32 Å². The average molecular weight is 321 g/mol. The van der Waals surface area contributed by atoms with E-state index < -0.39 is 12.0 Å². The molecule has 22 heavy (non-hydrogen) atoms. The minimum Gasteiger partial charge on any atom is -0.506 e. The lowest BCUT2D eigenvalue weighted by Crippen LogP contribution is -2.29. The van der Waals surface area contributed by atoms with E-state index in [-0.39, 0.29) is 10.8 Å². The molecule has 1 atom stereocenters. The molecular weight excluding hydrogens is 308 g/mol. The van der Waals surface area contributed by atoms with Crippen LogP contribution in [0.15, 0.2) is 35.8 Å². The first kappa shape index (κ1) is 14.4. The minimum absolute atomic E-state index is 0.0683. The zero-order valence-electron chi connectivity index (χ0n) is 11.9. The third-order valence-electron chi connectivity index (χ3n) is 3.50. The minimum atomic E-state index is -0.634. The number of phenols is 1. The highest BCUT2D eigenvalue weighted by Crippen LogP contribution is 2.40. The van der Waals surface area contributed by atoms with Gasteiger partial charge in [0.15, 0.2) is 0 Å². The first-order chi connectivity index (χ1) is 10.5. The number of rotatable bonds is 2. The third-order valence-corrected chi connectivity index (χ3v) is 3.91. The average Bonchev–Trinajstić information content (AvgIpc) is 2.96.